The molecule has 1 aliphatic carbocycles. The minimum Gasteiger partial charge on any atom is -0.473 e. The fourth-order valence-electron chi connectivity index (χ4n) is 4.71. The van der Waals surface area contributed by atoms with E-state index in [1.165, 1.54) is 6.08 Å². The van der Waals surface area contributed by atoms with Crippen LogP contribution >= 0.6 is 0 Å². The number of ether oxygens (including phenoxy) is 1. The van der Waals surface area contributed by atoms with Gasteiger partial charge in [-0.2, -0.15) is 10.2 Å². The summed E-state index contributed by atoms with van der Waals surface area (Å²) in [5.41, 5.74) is 2.71. The third kappa shape index (κ3) is 3.18. The lowest BCUT2D eigenvalue weighted by atomic mass is 9.85. The molecule has 8 heteroatoms. The molecule has 2 aliphatic rings. The molecule has 150 valence electrons. The molecule has 5 rings (SSSR count). The minimum atomic E-state index is 0.0260. The third-order valence-corrected chi connectivity index (χ3v) is 6.22. The first-order valence-electron chi connectivity index (χ1n) is 9.97. The minimum absolute atomic E-state index is 0.0260. The van der Waals surface area contributed by atoms with Crippen LogP contribution in [0.2, 0.25) is 0 Å². The first-order valence-corrected chi connectivity index (χ1v) is 9.97. The van der Waals surface area contributed by atoms with Gasteiger partial charge in [-0.25, -0.2) is 9.50 Å². The van der Waals surface area contributed by atoms with Gasteiger partial charge >= 0.3 is 0 Å². The fourth-order valence-corrected chi connectivity index (χ4v) is 4.71. The molecule has 29 heavy (non-hydrogen) atoms. The highest BCUT2D eigenvalue weighted by molar-refractivity contribution is 5.87. The Labute approximate surface area is 168 Å². The predicted octanol–water partition coefficient (Wildman–Crippen LogP) is 2.47. The molecule has 1 saturated carbocycles. The lowest BCUT2D eigenvalue weighted by Gasteiger charge is -2.23. The number of aromatic nitrogens is 5. The summed E-state index contributed by atoms with van der Waals surface area (Å²) in [6.45, 7) is 5.21. The number of nitrogens with zero attached hydrogens (tertiary/aromatic N) is 6. The summed E-state index contributed by atoms with van der Waals surface area (Å²) in [4.78, 5) is 18.7. The normalized spacial score (nSPS) is 23.9. The Hall–Kier alpha value is -3.16. The molecule has 3 aromatic heterocycles. The molecular weight excluding hydrogens is 368 g/mol. The quantitative estimate of drug-likeness (QED) is 0.638. The molecule has 1 aliphatic heterocycles. The molecule has 1 spiro atoms. The van der Waals surface area contributed by atoms with Crippen LogP contribution in [0.25, 0.3) is 16.8 Å². The van der Waals surface area contributed by atoms with Gasteiger partial charge in [0.15, 0.2) is 0 Å². The maximum atomic E-state index is 12.0. The van der Waals surface area contributed by atoms with E-state index in [2.05, 4.69) is 16.8 Å². The molecule has 1 amide bonds. The van der Waals surface area contributed by atoms with Gasteiger partial charge in [-0.1, -0.05) is 6.58 Å². The molecule has 0 unspecified atom stereocenters. The molecule has 1 saturated heterocycles. The maximum absolute atomic E-state index is 12.0. The highest BCUT2D eigenvalue weighted by atomic mass is 16.5. The van der Waals surface area contributed by atoms with Gasteiger partial charge in [-0.05, 0) is 43.2 Å². The average Bonchev–Trinajstić information content (AvgIpc) is 3.50. The van der Waals surface area contributed by atoms with Crippen molar-refractivity contribution < 1.29 is 9.53 Å². The van der Waals surface area contributed by atoms with Crippen LogP contribution in [-0.2, 0) is 11.8 Å². The predicted molar refractivity (Wildman–Crippen MR) is 107 cm³/mol. The van der Waals surface area contributed by atoms with E-state index in [9.17, 15) is 4.79 Å². The van der Waals surface area contributed by atoms with Crippen molar-refractivity contribution in [3.8, 4) is 17.1 Å². The summed E-state index contributed by atoms with van der Waals surface area (Å²) in [6, 6.07) is 1.92. The van der Waals surface area contributed by atoms with Crippen molar-refractivity contribution >= 4 is 11.4 Å². The Morgan fingerprint density at radius 1 is 1.34 bits per heavy atom. The van der Waals surface area contributed by atoms with Crippen LogP contribution in [0.1, 0.15) is 25.7 Å². The smallest absolute Gasteiger partial charge is 0.245 e. The summed E-state index contributed by atoms with van der Waals surface area (Å²) in [7, 11) is 1.88. The fraction of sp³-hybridized carbons (Fsp3) is 0.429. The maximum Gasteiger partial charge on any atom is 0.245 e. The number of rotatable bonds is 4. The molecule has 0 radical (unpaired) electrons. The third-order valence-electron chi connectivity index (χ3n) is 6.22. The van der Waals surface area contributed by atoms with E-state index in [0.717, 1.165) is 55.5 Å². The Morgan fingerprint density at radius 2 is 2.24 bits per heavy atom. The van der Waals surface area contributed by atoms with E-state index in [0.29, 0.717) is 5.88 Å². The van der Waals surface area contributed by atoms with Crippen molar-refractivity contribution in [1.82, 2.24) is 29.3 Å². The van der Waals surface area contributed by atoms with Crippen molar-refractivity contribution in [2.45, 2.75) is 31.8 Å². The Bertz CT molecular complexity index is 1090. The van der Waals surface area contributed by atoms with E-state index in [1.807, 2.05) is 30.4 Å². The van der Waals surface area contributed by atoms with Gasteiger partial charge < -0.3 is 9.64 Å². The number of amides is 1. The Balaban J connectivity index is 1.38. The van der Waals surface area contributed by atoms with E-state index in [1.54, 1.807) is 21.6 Å². The number of aryl methyl sites for hydroxylation is 1. The van der Waals surface area contributed by atoms with Gasteiger partial charge in [-0.3, -0.25) is 9.48 Å². The second-order valence-corrected chi connectivity index (χ2v) is 8.19. The van der Waals surface area contributed by atoms with Crippen LogP contribution in [0.5, 0.6) is 5.88 Å². The summed E-state index contributed by atoms with van der Waals surface area (Å²) in [5, 5.41) is 8.61. The molecule has 2 atom stereocenters. The van der Waals surface area contributed by atoms with Gasteiger partial charge in [-0.15, -0.1) is 0 Å². The van der Waals surface area contributed by atoms with Crippen LogP contribution < -0.4 is 4.74 Å². The van der Waals surface area contributed by atoms with E-state index in [-0.39, 0.29) is 17.4 Å². The number of carbonyl (C=O) groups excluding carboxylic acids is 1. The zero-order valence-electron chi connectivity index (χ0n) is 16.5. The summed E-state index contributed by atoms with van der Waals surface area (Å²) < 4.78 is 9.95. The van der Waals surface area contributed by atoms with Crippen molar-refractivity contribution in [3.63, 3.8) is 0 Å². The van der Waals surface area contributed by atoms with Crippen molar-refractivity contribution in [3.05, 3.63) is 43.5 Å². The van der Waals surface area contributed by atoms with Crippen LogP contribution in [-0.4, -0.2) is 54.4 Å². The molecule has 2 fully saturated rings. The van der Waals surface area contributed by atoms with Crippen molar-refractivity contribution in [1.29, 1.82) is 0 Å². The van der Waals surface area contributed by atoms with Crippen LogP contribution in [0, 0.1) is 5.41 Å². The average molecular weight is 392 g/mol. The van der Waals surface area contributed by atoms with E-state index < -0.39 is 0 Å². The van der Waals surface area contributed by atoms with Gasteiger partial charge in [0.1, 0.15) is 11.6 Å². The second kappa shape index (κ2) is 6.72. The number of hydrogen-bond donors (Lipinski definition) is 0. The number of hydrogen-bond acceptors (Lipinski definition) is 5. The Morgan fingerprint density at radius 3 is 3.03 bits per heavy atom. The van der Waals surface area contributed by atoms with E-state index in [4.69, 9.17) is 9.72 Å². The van der Waals surface area contributed by atoms with Gasteiger partial charge in [0.2, 0.25) is 11.8 Å². The molecule has 0 bridgehead atoms. The highest BCUT2D eigenvalue weighted by Crippen LogP contribution is 2.46. The van der Waals surface area contributed by atoms with Gasteiger partial charge in [0.05, 0.1) is 24.3 Å². The monoisotopic (exact) mass is 392 g/mol. The molecule has 8 nitrogen and oxygen atoms in total. The molecule has 3 aromatic rings. The number of likely N-dealkylation sites (tertiary alicyclic amines) is 1. The lowest BCUT2D eigenvalue weighted by molar-refractivity contribution is -0.125. The first-order chi connectivity index (χ1) is 14.0. The largest absolute Gasteiger partial charge is 0.473 e. The summed E-state index contributed by atoms with van der Waals surface area (Å²) in [5.74, 6) is 0.626. The zero-order valence-corrected chi connectivity index (χ0v) is 16.5. The van der Waals surface area contributed by atoms with Crippen LogP contribution in [0.15, 0.2) is 43.5 Å². The standard InChI is InChI=1S/C21H24N6O2/c1-3-19(28)26-9-7-21(14-26)6-4-16(10-21)29-20-18-5-8-22-27(18)13-17(24-20)15-11-23-25(2)12-15/h3,5,8,11-13,16H,1,4,6-7,9-10,14H2,2H3/t16-,21-/m0/s1. The van der Waals surface area contributed by atoms with E-state index >= 15 is 0 Å². The summed E-state index contributed by atoms with van der Waals surface area (Å²) >= 11 is 0. The molecule has 0 aromatic carbocycles. The SMILES string of the molecule is C=CC(=O)N1CC[C@]2(CC[C@H](Oc3nc(-c4cnn(C)c4)cn4nccc34)C2)C1. The Kier molecular flexibility index (Phi) is 4.15. The summed E-state index contributed by atoms with van der Waals surface area (Å²) in [6.07, 6.45) is 12.9. The number of carbonyl (C=O) groups is 1. The van der Waals surface area contributed by atoms with Crippen molar-refractivity contribution in [2.24, 2.45) is 12.5 Å². The zero-order chi connectivity index (χ0) is 20.0. The number of fused-ring (bicyclic) bond motifs is 1. The molecule has 0 N–H and O–H groups in total. The van der Waals surface area contributed by atoms with Gasteiger partial charge in [0, 0.05) is 31.9 Å². The van der Waals surface area contributed by atoms with Crippen LogP contribution in [0.4, 0.5) is 0 Å². The highest BCUT2D eigenvalue weighted by Gasteiger charge is 2.46. The van der Waals surface area contributed by atoms with Crippen molar-refractivity contribution in [2.75, 3.05) is 13.1 Å². The van der Waals surface area contributed by atoms with Gasteiger partial charge in [0.25, 0.3) is 0 Å². The molecular formula is C21H24N6O2. The first kappa shape index (κ1) is 17.9. The molecule has 4 heterocycles. The second-order valence-electron chi connectivity index (χ2n) is 8.19. The van der Waals surface area contributed by atoms with Crippen LogP contribution in [0.3, 0.4) is 0 Å². The lowest BCUT2D eigenvalue weighted by Crippen LogP contribution is -2.30. The topological polar surface area (TPSA) is 77.6 Å².